The van der Waals surface area contributed by atoms with Gasteiger partial charge in [0.2, 0.25) is 0 Å². The standard InChI is InChI=1S/C22H25N3O4/c1-15(2)13-18(19(26)27)25-20(28)22(3,17-9-11-23-12-10-17)24(21(25)29)14-16-7-5-4-6-8-16/h4-12,15,18H,13-14H2,1-3H3,(H,26,27). The second kappa shape index (κ2) is 8.03. The molecule has 0 saturated carbocycles. The number of carboxylic acid groups (broad SMARTS) is 1. The van der Waals surface area contributed by atoms with E-state index in [2.05, 4.69) is 4.98 Å². The van der Waals surface area contributed by atoms with Gasteiger partial charge in [-0.15, -0.1) is 0 Å². The van der Waals surface area contributed by atoms with Crippen LogP contribution in [-0.4, -0.2) is 43.8 Å². The highest BCUT2D eigenvalue weighted by atomic mass is 16.4. The Morgan fingerprint density at radius 2 is 1.72 bits per heavy atom. The van der Waals surface area contributed by atoms with Gasteiger partial charge in [0.05, 0.1) is 0 Å². The number of urea groups is 1. The molecule has 2 aromatic rings. The van der Waals surface area contributed by atoms with Gasteiger partial charge in [0, 0.05) is 18.9 Å². The maximum atomic E-state index is 13.5. The SMILES string of the molecule is CC(C)CC(C(=O)O)N1C(=O)N(Cc2ccccc2)C(C)(c2ccncc2)C1=O. The molecule has 1 fully saturated rings. The molecule has 7 nitrogen and oxygen atoms in total. The Morgan fingerprint density at radius 1 is 1.10 bits per heavy atom. The number of nitrogens with zero attached hydrogens (tertiary/aromatic N) is 3. The zero-order valence-corrected chi connectivity index (χ0v) is 16.8. The molecule has 0 bridgehead atoms. The molecular weight excluding hydrogens is 370 g/mol. The number of rotatable bonds is 7. The number of carboxylic acids is 1. The Labute approximate surface area is 170 Å². The molecule has 29 heavy (non-hydrogen) atoms. The van der Waals surface area contributed by atoms with E-state index in [1.807, 2.05) is 44.2 Å². The molecule has 1 aliphatic rings. The minimum absolute atomic E-state index is 0.00653. The van der Waals surface area contributed by atoms with Crippen LogP contribution in [0.4, 0.5) is 4.79 Å². The van der Waals surface area contributed by atoms with E-state index in [-0.39, 0.29) is 18.9 Å². The second-order valence-corrected chi connectivity index (χ2v) is 7.82. The van der Waals surface area contributed by atoms with Crippen molar-refractivity contribution in [2.75, 3.05) is 0 Å². The first kappa shape index (κ1) is 20.5. The minimum Gasteiger partial charge on any atom is -0.480 e. The van der Waals surface area contributed by atoms with Crippen molar-refractivity contribution in [2.45, 2.75) is 45.3 Å². The van der Waals surface area contributed by atoms with E-state index in [0.29, 0.717) is 5.56 Å². The second-order valence-electron chi connectivity index (χ2n) is 7.82. The van der Waals surface area contributed by atoms with Crippen molar-refractivity contribution in [3.8, 4) is 0 Å². The number of aromatic nitrogens is 1. The summed E-state index contributed by atoms with van der Waals surface area (Å²) in [6, 6.07) is 10.9. The van der Waals surface area contributed by atoms with Crippen LogP contribution in [0.3, 0.4) is 0 Å². The summed E-state index contributed by atoms with van der Waals surface area (Å²) < 4.78 is 0. The summed E-state index contributed by atoms with van der Waals surface area (Å²) in [7, 11) is 0. The van der Waals surface area contributed by atoms with Crippen LogP contribution in [0.5, 0.6) is 0 Å². The van der Waals surface area contributed by atoms with E-state index in [1.165, 1.54) is 4.90 Å². The van der Waals surface area contributed by atoms with Gasteiger partial charge in [0.25, 0.3) is 5.91 Å². The third kappa shape index (κ3) is 3.72. The molecule has 1 aromatic carbocycles. The van der Waals surface area contributed by atoms with E-state index in [4.69, 9.17) is 0 Å². The van der Waals surface area contributed by atoms with Crippen molar-refractivity contribution in [1.29, 1.82) is 0 Å². The maximum absolute atomic E-state index is 13.5. The summed E-state index contributed by atoms with van der Waals surface area (Å²) in [6.45, 7) is 5.59. The van der Waals surface area contributed by atoms with Gasteiger partial charge in [-0.3, -0.25) is 9.78 Å². The molecule has 2 unspecified atom stereocenters. The minimum atomic E-state index is -1.32. The van der Waals surface area contributed by atoms with Crippen LogP contribution >= 0.6 is 0 Å². The van der Waals surface area contributed by atoms with Crippen molar-refractivity contribution in [1.82, 2.24) is 14.8 Å². The van der Waals surface area contributed by atoms with E-state index in [1.54, 1.807) is 31.5 Å². The molecule has 3 rings (SSSR count). The molecule has 1 saturated heterocycles. The number of imide groups is 1. The molecule has 0 spiro atoms. The summed E-state index contributed by atoms with van der Waals surface area (Å²) in [5, 5.41) is 9.76. The van der Waals surface area contributed by atoms with Gasteiger partial charge >= 0.3 is 12.0 Å². The number of carbonyl (C=O) groups is 3. The first-order chi connectivity index (χ1) is 13.8. The van der Waals surface area contributed by atoms with Crippen LogP contribution < -0.4 is 0 Å². The number of carbonyl (C=O) groups excluding carboxylic acids is 2. The molecule has 7 heteroatoms. The van der Waals surface area contributed by atoms with Crippen LogP contribution in [-0.2, 0) is 21.7 Å². The van der Waals surface area contributed by atoms with E-state index in [0.717, 1.165) is 10.5 Å². The van der Waals surface area contributed by atoms with Gasteiger partial charge in [-0.1, -0.05) is 44.2 Å². The predicted molar refractivity (Wildman–Crippen MR) is 107 cm³/mol. The first-order valence-electron chi connectivity index (χ1n) is 9.59. The largest absolute Gasteiger partial charge is 0.480 e. The van der Waals surface area contributed by atoms with Gasteiger partial charge in [0.1, 0.15) is 11.6 Å². The smallest absolute Gasteiger partial charge is 0.329 e. The Bertz CT molecular complexity index is 901. The van der Waals surface area contributed by atoms with Crippen molar-refractivity contribution < 1.29 is 19.5 Å². The third-order valence-electron chi connectivity index (χ3n) is 5.33. The highest BCUT2D eigenvalue weighted by Gasteiger charge is 2.58. The monoisotopic (exact) mass is 395 g/mol. The molecule has 0 aliphatic carbocycles. The Hall–Kier alpha value is -3.22. The molecule has 3 amide bonds. The van der Waals surface area contributed by atoms with Crippen molar-refractivity contribution in [2.24, 2.45) is 5.92 Å². The topological polar surface area (TPSA) is 90.8 Å². The van der Waals surface area contributed by atoms with Crippen molar-refractivity contribution in [3.05, 3.63) is 66.0 Å². The van der Waals surface area contributed by atoms with E-state index in [9.17, 15) is 19.5 Å². The lowest BCUT2D eigenvalue weighted by Crippen LogP contribution is -2.47. The molecule has 1 aromatic heterocycles. The Balaban J connectivity index is 2.09. The van der Waals surface area contributed by atoms with Crippen LogP contribution in [0.2, 0.25) is 0 Å². The van der Waals surface area contributed by atoms with Crippen molar-refractivity contribution in [3.63, 3.8) is 0 Å². The average Bonchev–Trinajstić information content (AvgIpc) is 2.89. The summed E-state index contributed by atoms with van der Waals surface area (Å²) in [5.41, 5.74) is 0.130. The number of pyridine rings is 1. The summed E-state index contributed by atoms with van der Waals surface area (Å²) in [5.74, 6) is -1.70. The highest BCUT2D eigenvalue weighted by Crippen LogP contribution is 2.39. The Morgan fingerprint density at radius 3 is 2.28 bits per heavy atom. The number of hydrogen-bond donors (Lipinski definition) is 1. The van der Waals surface area contributed by atoms with E-state index >= 15 is 0 Å². The fourth-order valence-electron chi connectivity index (χ4n) is 3.74. The fourth-order valence-corrected chi connectivity index (χ4v) is 3.74. The van der Waals surface area contributed by atoms with Crippen molar-refractivity contribution >= 4 is 17.9 Å². The lowest BCUT2D eigenvalue weighted by atomic mass is 9.90. The summed E-state index contributed by atoms with van der Waals surface area (Å²) in [6.07, 6.45) is 3.31. The van der Waals surface area contributed by atoms with Crippen LogP contribution in [0.15, 0.2) is 54.9 Å². The lowest BCUT2D eigenvalue weighted by molar-refractivity contribution is -0.148. The van der Waals surface area contributed by atoms with Gasteiger partial charge in [-0.2, -0.15) is 0 Å². The predicted octanol–water partition coefficient (Wildman–Crippen LogP) is 3.26. The molecule has 2 atom stereocenters. The highest BCUT2D eigenvalue weighted by molar-refractivity contribution is 6.09. The number of aliphatic carboxylic acids is 1. The number of benzene rings is 1. The fraction of sp³-hybridized carbons (Fsp3) is 0.364. The van der Waals surface area contributed by atoms with Crippen LogP contribution in [0, 0.1) is 5.92 Å². The van der Waals surface area contributed by atoms with Gasteiger partial charge in [-0.25, -0.2) is 14.5 Å². The zero-order valence-electron chi connectivity index (χ0n) is 16.8. The first-order valence-corrected chi connectivity index (χ1v) is 9.59. The lowest BCUT2D eigenvalue weighted by Gasteiger charge is -2.32. The average molecular weight is 395 g/mol. The van der Waals surface area contributed by atoms with Gasteiger partial charge < -0.3 is 10.0 Å². The number of hydrogen-bond acceptors (Lipinski definition) is 4. The quantitative estimate of drug-likeness (QED) is 0.727. The molecule has 1 N–H and O–H groups in total. The zero-order chi connectivity index (χ0) is 21.2. The normalized spacial score (nSPS) is 20.4. The molecular formula is C22H25N3O4. The maximum Gasteiger partial charge on any atom is 0.329 e. The van der Waals surface area contributed by atoms with Crippen LogP contribution in [0.1, 0.15) is 38.3 Å². The van der Waals surface area contributed by atoms with E-state index < -0.39 is 29.5 Å². The number of amides is 3. The summed E-state index contributed by atoms with van der Waals surface area (Å²) in [4.78, 5) is 45.3. The molecule has 2 heterocycles. The summed E-state index contributed by atoms with van der Waals surface area (Å²) >= 11 is 0. The molecule has 0 radical (unpaired) electrons. The molecule has 1 aliphatic heterocycles. The molecule has 152 valence electrons. The van der Waals surface area contributed by atoms with Crippen LogP contribution in [0.25, 0.3) is 0 Å². The Kier molecular flexibility index (Phi) is 5.68. The third-order valence-corrected chi connectivity index (χ3v) is 5.33. The van der Waals surface area contributed by atoms with Gasteiger partial charge in [-0.05, 0) is 42.5 Å². The van der Waals surface area contributed by atoms with Gasteiger partial charge in [0.15, 0.2) is 0 Å².